The molecule has 2 atom stereocenters. The van der Waals surface area contributed by atoms with Gasteiger partial charge in [-0.1, -0.05) is 20.8 Å². The van der Waals surface area contributed by atoms with Gasteiger partial charge in [0.2, 0.25) is 17.7 Å². The molecule has 1 saturated heterocycles. The average molecular weight is 312 g/mol. The van der Waals surface area contributed by atoms with Crippen LogP contribution >= 0.6 is 0 Å². The van der Waals surface area contributed by atoms with E-state index in [2.05, 4.69) is 10.6 Å². The quantitative estimate of drug-likeness (QED) is 0.621. The van der Waals surface area contributed by atoms with Crippen molar-refractivity contribution in [2.45, 2.75) is 52.1 Å². The van der Waals surface area contributed by atoms with Crippen LogP contribution in [-0.2, 0) is 14.4 Å². The van der Waals surface area contributed by atoms with Crippen molar-refractivity contribution in [1.82, 2.24) is 15.5 Å². The topological polar surface area (TPSA) is 105 Å². The molecular weight excluding hydrogens is 284 g/mol. The zero-order valence-electron chi connectivity index (χ0n) is 13.7. The highest BCUT2D eigenvalue weighted by Crippen LogP contribution is 2.10. The predicted octanol–water partition coefficient (Wildman–Crippen LogP) is -0.397. The van der Waals surface area contributed by atoms with Crippen LogP contribution in [0.2, 0.25) is 0 Å². The lowest BCUT2D eigenvalue weighted by atomic mass is 10.0. The first-order chi connectivity index (χ1) is 10.3. The molecule has 0 aromatic rings. The summed E-state index contributed by atoms with van der Waals surface area (Å²) in [6, 6.07) is -0.607. The van der Waals surface area contributed by atoms with Crippen LogP contribution < -0.4 is 16.4 Å². The Labute approximate surface area is 132 Å². The minimum Gasteiger partial charge on any atom is -0.352 e. The molecular formula is C15H28N4O3. The molecule has 0 spiro atoms. The lowest BCUT2D eigenvalue weighted by molar-refractivity contribution is -0.135. The molecule has 3 amide bonds. The third-order valence-electron chi connectivity index (χ3n) is 3.90. The first kappa shape index (κ1) is 18.4. The summed E-state index contributed by atoms with van der Waals surface area (Å²) >= 11 is 0. The molecule has 0 bridgehead atoms. The smallest absolute Gasteiger partial charge is 0.242 e. The molecule has 0 saturated carbocycles. The van der Waals surface area contributed by atoms with Crippen LogP contribution in [0.15, 0.2) is 0 Å². The number of carbonyl (C=O) groups is 3. The molecule has 1 unspecified atom stereocenters. The average Bonchev–Trinajstić information content (AvgIpc) is 2.51. The summed E-state index contributed by atoms with van der Waals surface area (Å²) in [5, 5.41) is 5.50. The summed E-state index contributed by atoms with van der Waals surface area (Å²) in [5.74, 6) is -0.426. The van der Waals surface area contributed by atoms with Crippen molar-refractivity contribution in [3.8, 4) is 0 Å². The van der Waals surface area contributed by atoms with E-state index in [9.17, 15) is 14.4 Å². The van der Waals surface area contributed by atoms with Crippen molar-refractivity contribution >= 4 is 17.7 Å². The Balaban J connectivity index is 2.41. The molecule has 7 heteroatoms. The van der Waals surface area contributed by atoms with Crippen LogP contribution in [-0.4, -0.2) is 54.3 Å². The first-order valence-corrected chi connectivity index (χ1v) is 7.95. The summed E-state index contributed by atoms with van der Waals surface area (Å²) in [6.45, 7) is 6.62. The maximum atomic E-state index is 12.2. The van der Waals surface area contributed by atoms with Gasteiger partial charge in [0.05, 0.1) is 12.6 Å². The Hall–Kier alpha value is -1.63. The molecule has 1 fully saturated rings. The largest absolute Gasteiger partial charge is 0.352 e. The van der Waals surface area contributed by atoms with Crippen LogP contribution in [0.3, 0.4) is 0 Å². The van der Waals surface area contributed by atoms with Crippen molar-refractivity contribution in [1.29, 1.82) is 0 Å². The minimum atomic E-state index is -0.606. The van der Waals surface area contributed by atoms with E-state index in [0.717, 1.165) is 12.8 Å². The summed E-state index contributed by atoms with van der Waals surface area (Å²) in [6.07, 6.45) is 2.16. The summed E-state index contributed by atoms with van der Waals surface area (Å²) < 4.78 is 0. The van der Waals surface area contributed by atoms with Crippen LogP contribution in [0.4, 0.5) is 0 Å². The zero-order valence-corrected chi connectivity index (χ0v) is 13.7. The molecule has 22 heavy (non-hydrogen) atoms. The van der Waals surface area contributed by atoms with E-state index < -0.39 is 6.04 Å². The van der Waals surface area contributed by atoms with E-state index >= 15 is 0 Å². The molecule has 0 aliphatic carbocycles. The number of nitrogens with one attached hydrogen (secondary N) is 2. The molecule has 7 nitrogen and oxygen atoms in total. The van der Waals surface area contributed by atoms with Gasteiger partial charge in [-0.3, -0.25) is 14.4 Å². The number of rotatable bonds is 6. The van der Waals surface area contributed by atoms with Crippen LogP contribution in [0, 0.1) is 5.92 Å². The Kier molecular flexibility index (Phi) is 7.31. The number of hydrogen-bond donors (Lipinski definition) is 3. The lowest BCUT2D eigenvalue weighted by Gasteiger charge is -2.33. The van der Waals surface area contributed by atoms with Gasteiger partial charge in [0.15, 0.2) is 0 Å². The van der Waals surface area contributed by atoms with E-state index in [1.807, 2.05) is 13.8 Å². The number of nitrogens with two attached hydrogens (primary N) is 1. The van der Waals surface area contributed by atoms with E-state index in [0.29, 0.717) is 19.5 Å². The van der Waals surface area contributed by atoms with Gasteiger partial charge in [0.25, 0.3) is 0 Å². The molecule has 0 aromatic carbocycles. The normalized spacial score (nSPS) is 19.7. The van der Waals surface area contributed by atoms with E-state index in [4.69, 9.17) is 5.73 Å². The van der Waals surface area contributed by atoms with Crippen molar-refractivity contribution in [3.63, 3.8) is 0 Å². The molecule has 0 aromatic heterocycles. The number of piperidine rings is 1. The fraction of sp³-hybridized carbons (Fsp3) is 0.800. The second-order valence-corrected chi connectivity index (χ2v) is 6.09. The second-order valence-electron chi connectivity index (χ2n) is 6.09. The highest BCUT2D eigenvalue weighted by atomic mass is 16.2. The van der Waals surface area contributed by atoms with Gasteiger partial charge in [0, 0.05) is 25.6 Å². The first-order valence-electron chi connectivity index (χ1n) is 7.95. The van der Waals surface area contributed by atoms with Gasteiger partial charge in [-0.25, -0.2) is 0 Å². The van der Waals surface area contributed by atoms with Gasteiger partial charge in [-0.15, -0.1) is 0 Å². The van der Waals surface area contributed by atoms with Crippen LogP contribution in [0.25, 0.3) is 0 Å². The van der Waals surface area contributed by atoms with E-state index in [1.165, 1.54) is 0 Å². The molecule has 4 N–H and O–H groups in total. The number of likely N-dealkylation sites (tertiary alicyclic amines) is 1. The van der Waals surface area contributed by atoms with Gasteiger partial charge in [-0.05, 0) is 18.8 Å². The fourth-order valence-electron chi connectivity index (χ4n) is 2.35. The Morgan fingerprint density at radius 1 is 1.32 bits per heavy atom. The number of nitrogens with zero attached hydrogens (tertiary/aromatic N) is 1. The molecule has 0 radical (unpaired) electrons. The Bertz CT molecular complexity index is 412. The number of amides is 3. The van der Waals surface area contributed by atoms with Gasteiger partial charge < -0.3 is 21.3 Å². The van der Waals surface area contributed by atoms with Gasteiger partial charge >= 0.3 is 0 Å². The van der Waals surface area contributed by atoms with Crippen molar-refractivity contribution in [2.24, 2.45) is 11.7 Å². The Morgan fingerprint density at radius 2 is 2.00 bits per heavy atom. The maximum absolute atomic E-state index is 12.2. The standard InChI is InChI=1S/C15H28N4O3/c1-4-12(20)18-11-6-5-7-19(9-11)13(21)8-17-15(22)14(16)10(2)3/h10-11,14H,4-9,16H2,1-3H3,(H,17,22)(H,18,20)/t11?,14-/m0/s1. The maximum Gasteiger partial charge on any atom is 0.242 e. The number of carbonyl (C=O) groups excluding carboxylic acids is 3. The molecule has 1 rings (SSSR count). The predicted molar refractivity (Wildman–Crippen MR) is 83.9 cm³/mol. The van der Waals surface area contributed by atoms with E-state index in [-0.39, 0.29) is 36.2 Å². The fourth-order valence-corrected chi connectivity index (χ4v) is 2.35. The van der Waals surface area contributed by atoms with Crippen molar-refractivity contribution in [3.05, 3.63) is 0 Å². The molecule has 1 aliphatic rings. The molecule has 1 aliphatic heterocycles. The van der Waals surface area contributed by atoms with Crippen molar-refractivity contribution in [2.75, 3.05) is 19.6 Å². The lowest BCUT2D eigenvalue weighted by Crippen LogP contribution is -2.53. The van der Waals surface area contributed by atoms with E-state index in [1.54, 1.807) is 11.8 Å². The highest BCUT2D eigenvalue weighted by Gasteiger charge is 2.25. The SMILES string of the molecule is CCC(=O)NC1CCCN(C(=O)CNC(=O)[C@@H](N)C(C)C)C1. The van der Waals surface area contributed by atoms with Crippen molar-refractivity contribution < 1.29 is 14.4 Å². The van der Waals surface area contributed by atoms with Crippen LogP contribution in [0.1, 0.15) is 40.0 Å². The second kappa shape index (κ2) is 8.73. The third kappa shape index (κ3) is 5.63. The Morgan fingerprint density at radius 3 is 2.59 bits per heavy atom. The number of hydrogen-bond acceptors (Lipinski definition) is 4. The highest BCUT2D eigenvalue weighted by molar-refractivity contribution is 5.87. The van der Waals surface area contributed by atoms with Crippen LogP contribution in [0.5, 0.6) is 0 Å². The summed E-state index contributed by atoms with van der Waals surface area (Å²) in [7, 11) is 0. The summed E-state index contributed by atoms with van der Waals surface area (Å²) in [5.41, 5.74) is 5.73. The monoisotopic (exact) mass is 312 g/mol. The molecule has 1 heterocycles. The summed E-state index contributed by atoms with van der Waals surface area (Å²) in [4.78, 5) is 37.0. The molecule has 126 valence electrons. The van der Waals surface area contributed by atoms with Gasteiger partial charge in [0.1, 0.15) is 0 Å². The minimum absolute atomic E-state index is 0.00114. The third-order valence-corrected chi connectivity index (χ3v) is 3.90. The van der Waals surface area contributed by atoms with Gasteiger partial charge in [-0.2, -0.15) is 0 Å². The zero-order chi connectivity index (χ0) is 16.7.